The number of hydrogen-bond acceptors (Lipinski definition) is 7. The monoisotopic (exact) mass is 425 g/mol. The first-order chi connectivity index (χ1) is 15.0. The van der Waals surface area contributed by atoms with Crippen LogP contribution in [0.3, 0.4) is 0 Å². The second-order valence-electron chi connectivity index (χ2n) is 7.29. The van der Waals surface area contributed by atoms with Crippen molar-refractivity contribution in [2.75, 3.05) is 25.0 Å². The van der Waals surface area contributed by atoms with E-state index in [9.17, 15) is 19.3 Å². The molecule has 10 heteroatoms. The van der Waals surface area contributed by atoms with Crippen LogP contribution in [-0.2, 0) is 0 Å². The van der Waals surface area contributed by atoms with E-state index < -0.39 is 10.8 Å². The van der Waals surface area contributed by atoms with Crippen molar-refractivity contribution in [3.05, 3.63) is 69.9 Å². The molecule has 1 N–H and O–H groups in total. The van der Waals surface area contributed by atoms with Gasteiger partial charge in [0, 0.05) is 37.8 Å². The third-order valence-corrected chi connectivity index (χ3v) is 5.30. The maximum atomic E-state index is 13.5. The van der Waals surface area contributed by atoms with Crippen molar-refractivity contribution in [3.8, 4) is 11.4 Å². The molecule has 1 amide bonds. The minimum absolute atomic E-state index is 0.0868. The summed E-state index contributed by atoms with van der Waals surface area (Å²) >= 11 is 0. The van der Waals surface area contributed by atoms with Crippen molar-refractivity contribution in [2.24, 2.45) is 0 Å². The summed E-state index contributed by atoms with van der Waals surface area (Å²) in [5.74, 6) is -0.115. The van der Waals surface area contributed by atoms with Crippen LogP contribution in [0, 0.1) is 15.9 Å². The molecule has 1 unspecified atom stereocenters. The lowest BCUT2D eigenvalue weighted by Gasteiger charge is -2.33. The number of benzene rings is 2. The Labute approximate surface area is 177 Å². The van der Waals surface area contributed by atoms with Crippen LogP contribution < -0.4 is 10.2 Å². The number of anilines is 1. The van der Waals surface area contributed by atoms with Crippen LogP contribution in [-0.4, -0.2) is 41.1 Å². The van der Waals surface area contributed by atoms with E-state index in [2.05, 4.69) is 15.5 Å². The molecule has 0 saturated carbocycles. The second kappa shape index (κ2) is 8.50. The van der Waals surface area contributed by atoms with E-state index >= 15 is 0 Å². The van der Waals surface area contributed by atoms with Crippen LogP contribution in [0.25, 0.3) is 11.4 Å². The predicted octanol–water partition coefficient (Wildman–Crippen LogP) is 3.53. The number of aromatic nitrogens is 2. The van der Waals surface area contributed by atoms with Gasteiger partial charge in [-0.05, 0) is 31.0 Å². The summed E-state index contributed by atoms with van der Waals surface area (Å²) in [6.45, 7) is 1.19. The molecule has 0 radical (unpaired) electrons. The van der Waals surface area contributed by atoms with Crippen LogP contribution >= 0.6 is 0 Å². The SMILES string of the molecule is CNC(=O)c1cc([N+](=O)[O-])ccc1N1CCCC(c2nc(-c3cccc(F)c3)no2)C1. The number of amides is 1. The number of carbonyl (C=O) groups excluding carboxylic acids is 1. The number of rotatable bonds is 5. The first-order valence-electron chi connectivity index (χ1n) is 9.81. The minimum atomic E-state index is -0.526. The van der Waals surface area contributed by atoms with Gasteiger partial charge in [0.25, 0.3) is 11.6 Å². The molecule has 1 aromatic heterocycles. The third-order valence-electron chi connectivity index (χ3n) is 5.30. The van der Waals surface area contributed by atoms with E-state index in [1.54, 1.807) is 18.2 Å². The maximum Gasteiger partial charge on any atom is 0.270 e. The fraction of sp³-hybridized carbons (Fsp3) is 0.286. The molecule has 1 aliphatic rings. The fourth-order valence-electron chi connectivity index (χ4n) is 3.77. The van der Waals surface area contributed by atoms with Gasteiger partial charge < -0.3 is 14.7 Å². The molecule has 1 fully saturated rings. The molecule has 1 aliphatic heterocycles. The minimum Gasteiger partial charge on any atom is -0.370 e. The van der Waals surface area contributed by atoms with Crippen molar-refractivity contribution in [1.82, 2.24) is 15.5 Å². The van der Waals surface area contributed by atoms with Gasteiger partial charge in [0.1, 0.15) is 5.82 Å². The van der Waals surface area contributed by atoms with Crippen LogP contribution in [0.1, 0.15) is 35.0 Å². The second-order valence-corrected chi connectivity index (χ2v) is 7.29. The average Bonchev–Trinajstić information content (AvgIpc) is 3.28. The Morgan fingerprint density at radius 1 is 1.32 bits per heavy atom. The van der Waals surface area contributed by atoms with Gasteiger partial charge in [-0.2, -0.15) is 4.98 Å². The quantitative estimate of drug-likeness (QED) is 0.491. The standard InChI is InChI=1S/C21H20FN5O4/c1-23-20(28)17-11-16(27(29)30)7-8-18(17)26-9-3-5-14(12-26)21-24-19(25-31-21)13-4-2-6-15(22)10-13/h2,4,6-8,10-11,14H,3,5,9,12H2,1H3,(H,23,28). The molecule has 31 heavy (non-hydrogen) atoms. The van der Waals surface area contributed by atoms with Gasteiger partial charge in [-0.3, -0.25) is 14.9 Å². The van der Waals surface area contributed by atoms with Crippen LogP contribution in [0.5, 0.6) is 0 Å². The molecular formula is C21H20FN5O4. The lowest BCUT2D eigenvalue weighted by atomic mass is 9.96. The van der Waals surface area contributed by atoms with Crippen molar-refractivity contribution < 1.29 is 18.6 Å². The van der Waals surface area contributed by atoms with Gasteiger partial charge in [0.2, 0.25) is 11.7 Å². The molecule has 2 aromatic carbocycles. The third kappa shape index (κ3) is 4.23. The predicted molar refractivity (Wildman–Crippen MR) is 110 cm³/mol. The lowest BCUT2D eigenvalue weighted by molar-refractivity contribution is -0.384. The first kappa shape index (κ1) is 20.5. The fourth-order valence-corrected chi connectivity index (χ4v) is 3.77. The Hall–Kier alpha value is -3.82. The number of halogens is 1. The van der Waals surface area contributed by atoms with Crippen molar-refractivity contribution in [2.45, 2.75) is 18.8 Å². The summed E-state index contributed by atoms with van der Waals surface area (Å²) in [5, 5.41) is 17.7. The molecule has 2 heterocycles. The highest BCUT2D eigenvalue weighted by Gasteiger charge is 2.29. The molecular weight excluding hydrogens is 405 g/mol. The van der Waals surface area contributed by atoms with E-state index in [0.717, 1.165) is 12.8 Å². The largest absolute Gasteiger partial charge is 0.370 e. The smallest absolute Gasteiger partial charge is 0.270 e. The van der Waals surface area contributed by atoms with Crippen LogP contribution in [0.2, 0.25) is 0 Å². The molecule has 160 valence electrons. The Kier molecular flexibility index (Phi) is 5.61. The highest BCUT2D eigenvalue weighted by molar-refractivity contribution is 6.00. The van der Waals surface area contributed by atoms with E-state index in [-0.39, 0.29) is 23.0 Å². The van der Waals surface area contributed by atoms with E-state index in [1.165, 1.54) is 31.3 Å². The molecule has 1 saturated heterocycles. The summed E-state index contributed by atoms with van der Waals surface area (Å²) in [5.41, 5.74) is 1.23. The molecule has 9 nitrogen and oxygen atoms in total. The number of nitrogens with one attached hydrogen (secondary N) is 1. The normalized spacial score (nSPS) is 16.2. The van der Waals surface area contributed by atoms with Crippen molar-refractivity contribution >= 4 is 17.3 Å². The van der Waals surface area contributed by atoms with E-state index in [4.69, 9.17) is 4.52 Å². The highest BCUT2D eigenvalue weighted by Crippen LogP contribution is 2.33. The number of piperidine rings is 1. The maximum absolute atomic E-state index is 13.5. The lowest BCUT2D eigenvalue weighted by Crippen LogP contribution is -2.36. The number of nitro benzene ring substituents is 1. The molecule has 0 bridgehead atoms. The molecule has 3 aromatic rings. The van der Waals surface area contributed by atoms with Crippen LogP contribution in [0.4, 0.5) is 15.8 Å². The molecule has 0 spiro atoms. The Morgan fingerprint density at radius 2 is 2.16 bits per heavy atom. The summed E-state index contributed by atoms with van der Waals surface area (Å²) in [4.78, 5) is 29.4. The zero-order valence-electron chi connectivity index (χ0n) is 16.7. The molecule has 0 aliphatic carbocycles. The number of non-ortho nitro benzene ring substituents is 1. The van der Waals surface area contributed by atoms with Gasteiger partial charge in [0.15, 0.2) is 0 Å². The van der Waals surface area contributed by atoms with Gasteiger partial charge in [-0.15, -0.1) is 0 Å². The summed E-state index contributed by atoms with van der Waals surface area (Å²) in [7, 11) is 1.48. The Balaban J connectivity index is 1.60. The van der Waals surface area contributed by atoms with Crippen molar-refractivity contribution in [3.63, 3.8) is 0 Å². The summed E-state index contributed by atoms with van der Waals surface area (Å²) < 4.78 is 18.9. The van der Waals surface area contributed by atoms with E-state index in [0.29, 0.717) is 36.1 Å². The Morgan fingerprint density at radius 3 is 2.90 bits per heavy atom. The zero-order chi connectivity index (χ0) is 22.0. The highest BCUT2D eigenvalue weighted by atomic mass is 19.1. The van der Waals surface area contributed by atoms with Crippen LogP contribution in [0.15, 0.2) is 47.0 Å². The summed E-state index contributed by atoms with van der Waals surface area (Å²) in [6, 6.07) is 10.2. The average molecular weight is 425 g/mol. The van der Waals surface area contributed by atoms with Gasteiger partial charge in [0.05, 0.1) is 22.1 Å². The Bertz CT molecular complexity index is 1130. The molecule has 4 rings (SSSR count). The van der Waals surface area contributed by atoms with E-state index in [1.807, 2.05) is 4.90 Å². The number of nitrogens with zero attached hydrogens (tertiary/aromatic N) is 4. The van der Waals surface area contributed by atoms with Gasteiger partial charge in [-0.1, -0.05) is 17.3 Å². The first-order valence-corrected chi connectivity index (χ1v) is 9.81. The number of carbonyl (C=O) groups is 1. The van der Waals surface area contributed by atoms with Gasteiger partial charge >= 0.3 is 0 Å². The van der Waals surface area contributed by atoms with Gasteiger partial charge in [-0.25, -0.2) is 4.39 Å². The molecule has 1 atom stereocenters. The summed E-state index contributed by atoms with van der Waals surface area (Å²) in [6.07, 6.45) is 1.62. The van der Waals surface area contributed by atoms with Crippen molar-refractivity contribution in [1.29, 1.82) is 0 Å². The number of hydrogen-bond donors (Lipinski definition) is 1. The topological polar surface area (TPSA) is 114 Å². The zero-order valence-corrected chi connectivity index (χ0v) is 16.7. The number of nitro groups is 1.